The molecule has 0 fully saturated rings. The Morgan fingerprint density at radius 3 is 2.88 bits per heavy atom. The number of rotatable bonds is 3. The number of hydrogen-bond acceptors (Lipinski definition) is 5. The number of nitrogens with one attached hydrogen (secondary N) is 2. The molecule has 0 spiro atoms. The zero-order valence-corrected chi connectivity index (χ0v) is 13.0. The maximum Gasteiger partial charge on any atom is 0.276 e. The normalized spacial score (nSPS) is 11.0. The number of phenolic OH excluding ortho intramolecular Hbond substituents is 1. The van der Waals surface area contributed by atoms with Gasteiger partial charge in [-0.05, 0) is 30.3 Å². The molecule has 0 saturated heterocycles. The van der Waals surface area contributed by atoms with Gasteiger partial charge in [-0.1, -0.05) is 29.8 Å². The number of carbonyl (C=O) groups excluding carboxylic acids is 1. The van der Waals surface area contributed by atoms with E-state index in [9.17, 15) is 9.90 Å². The molecule has 1 aromatic heterocycles. The number of halogens is 1. The molecule has 0 atom stereocenters. The van der Waals surface area contributed by atoms with Crippen LogP contribution in [0.4, 0.5) is 0 Å². The van der Waals surface area contributed by atoms with Gasteiger partial charge < -0.3 is 9.52 Å². The molecular formula is C17H12ClN3O3. The van der Waals surface area contributed by atoms with E-state index < -0.39 is 5.91 Å². The lowest BCUT2D eigenvalue weighted by molar-refractivity contribution is 0.0951. The fraction of sp³-hybridized carbons (Fsp3) is 0. The first-order chi connectivity index (χ1) is 11.5. The summed E-state index contributed by atoms with van der Waals surface area (Å²) in [6, 6.07) is 13.1. The van der Waals surface area contributed by atoms with E-state index in [-0.39, 0.29) is 16.9 Å². The molecule has 7 heteroatoms. The van der Waals surface area contributed by atoms with Crippen LogP contribution in [0.1, 0.15) is 15.9 Å². The Balaban J connectivity index is 1.82. The Morgan fingerprint density at radius 2 is 2.04 bits per heavy atom. The highest BCUT2D eigenvalue weighted by Gasteiger charge is 2.10. The number of hydrazone groups is 1. The summed E-state index contributed by atoms with van der Waals surface area (Å²) in [6.45, 7) is 0. The zero-order chi connectivity index (χ0) is 17.1. The number of carbonyl (C=O) groups is 1. The van der Waals surface area contributed by atoms with Crippen LogP contribution in [0.2, 0.25) is 5.02 Å². The van der Waals surface area contributed by atoms with E-state index in [0.717, 1.165) is 0 Å². The first-order valence-electron chi connectivity index (χ1n) is 6.94. The van der Waals surface area contributed by atoms with E-state index in [0.29, 0.717) is 21.6 Å². The predicted octanol–water partition coefficient (Wildman–Crippen LogP) is 3.04. The number of benzene rings is 2. The van der Waals surface area contributed by atoms with Crippen molar-refractivity contribution in [1.29, 1.82) is 5.41 Å². The summed E-state index contributed by atoms with van der Waals surface area (Å²) in [5.41, 5.74) is 2.97. The van der Waals surface area contributed by atoms with Gasteiger partial charge in [0.15, 0.2) is 0 Å². The number of hydrogen-bond donors (Lipinski definition) is 3. The monoisotopic (exact) mass is 341 g/mol. The van der Waals surface area contributed by atoms with Crippen molar-refractivity contribution in [3.63, 3.8) is 0 Å². The molecule has 3 aromatic rings. The van der Waals surface area contributed by atoms with Gasteiger partial charge in [-0.25, -0.2) is 5.43 Å². The molecular weight excluding hydrogens is 330 g/mol. The van der Waals surface area contributed by atoms with Gasteiger partial charge in [0.2, 0.25) is 5.55 Å². The molecule has 120 valence electrons. The molecule has 0 aliphatic heterocycles. The zero-order valence-electron chi connectivity index (χ0n) is 12.3. The van der Waals surface area contributed by atoms with E-state index in [1.54, 1.807) is 24.3 Å². The predicted molar refractivity (Wildman–Crippen MR) is 90.2 cm³/mol. The molecule has 3 rings (SSSR count). The fourth-order valence-corrected chi connectivity index (χ4v) is 2.28. The summed E-state index contributed by atoms with van der Waals surface area (Å²) in [6.07, 6.45) is 1.26. The van der Waals surface area contributed by atoms with Crippen molar-refractivity contribution in [3.8, 4) is 5.75 Å². The highest BCUT2D eigenvalue weighted by Crippen LogP contribution is 2.19. The van der Waals surface area contributed by atoms with Gasteiger partial charge in [-0.15, -0.1) is 0 Å². The Kier molecular flexibility index (Phi) is 4.31. The third-order valence-corrected chi connectivity index (χ3v) is 3.51. The first-order valence-corrected chi connectivity index (χ1v) is 7.32. The van der Waals surface area contributed by atoms with Crippen molar-refractivity contribution in [1.82, 2.24) is 5.43 Å². The van der Waals surface area contributed by atoms with Crippen molar-refractivity contribution >= 4 is 34.7 Å². The molecule has 0 unspecified atom stereocenters. The molecule has 0 saturated carbocycles. The lowest BCUT2D eigenvalue weighted by atomic mass is 10.2. The first kappa shape index (κ1) is 15.8. The molecule has 24 heavy (non-hydrogen) atoms. The van der Waals surface area contributed by atoms with Gasteiger partial charge in [0.05, 0.1) is 6.21 Å². The third kappa shape index (κ3) is 3.28. The summed E-state index contributed by atoms with van der Waals surface area (Å²) in [7, 11) is 0. The second-order valence-corrected chi connectivity index (χ2v) is 5.37. The van der Waals surface area contributed by atoms with Crippen molar-refractivity contribution in [2.45, 2.75) is 0 Å². The van der Waals surface area contributed by atoms with Crippen LogP contribution in [0, 0.1) is 5.41 Å². The second-order valence-electron chi connectivity index (χ2n) is 4.93. The average Bonchev–Trinajstić information content (AvgIpc) is 2.57. The average molecular weight is 342 g/mol. The summed E-state index contributed by atoms with van der Waals surface area (Å²) in [5, 5.41) is 22.4. The number of para-hydroxylation sites is 1. The number of amides is 1. The standard InChI is InChI=1S/C17H12ClN3O3/c18-12-5-6-14(22)11(7-12)9-20-21-17(23)13-8-10-3-1-2-4-15(10)24-16(13)19/h1-9,19,22H,(H,21,23)/b19-16?,20-9+. The summed E-state index contributed by atoms with van der Waals surface area (Å²) in [5.74, 6) is -0.605. The van der Waals surface area contributed by atoms with Crippen LogP contribution in [0.15, 0.2) is 58.0 Å². The van der Waals surface area contributed by atoms with E-state index >= 15 is 0 Å². The summed E-state index contributed by atoms with van der Waals surface area (Å²) < 4.78 is 5.31. The number of nitrogens with zero attached hydrogens (tertiary/aromatic N) is 1. The van der Waals surface area contributed by atoms with Crippen LogP contribution < -0.4 is 11.0 Å². The molecule has 0 bridgehead atoms. The maximum absolute atomic E-state index is 12.2. The van der Waals surface area contributed by atoms with Crippen molar-refractivity contribution in [2.75, 3.05) is 0 Å². The lowest BCUT2D eigenvalue weighted by Crippen LogP contribution is -2.24. The summed E-state index contributed by atoms with van der Waals surface area (Å²) >= 11 is 5.83. The van der Waals surface area contributed by atoms with Crippen LogP contribution in [-0.2, 0) is 0 Å². The molecule has 1 heterocycles. The Bertz CT molecular complexity index is 1010. The molecule has 2 aromatic carbocycles. The minimum absolute atomic E-state index is 0.0146. The minimum Gasteiger partial charge on any atom is -0.507 e. The largest absolute Gasteiger partial charge is 0.507 e. The smallest absolute Gasteiger partial charge is 0.276 e. The molecule has 6 nitrogen and oxygen atoms in total. The summed E-state index contributed by atoms with van der Waals surface area (Å²) in [4.78, 5) is 12.2. The van der Waals surface area contributed by atoms with Crippen molar-refractivity contribution < 1.29 is 14.3 Å². The van der Waals surface area contributed by atoms with E-state index in [1.807, 2.05) is 6.07 Å². The molecule has 0 aliphatic carbocycles. The minimum atomic E-state index is -0.590. The lowest BCUT2D eigenvalue weighted by Gasteiger charge is -2.03. The maximum atomic E-state index is 12.2. The van der Waals surface area contributed by atoms with Crippen LogP contribution in [0.5, 0.6) is 5.75 Å². The fourth-order valence-electron chi connectivity index (χ4n) is 2.10. The molecule has 0 radical (unpaired) electrons. The molecule has 3 N–H and O–H groups in total. The highest BCUT2D eigenvalue weighted by molar-refractivity contribution is 6.30. The molecule has 0 aliphatic rings. The quantitative estimate of drug-likeness (QED) is 0.504. The van der Waals surface area contributed by atoms with Gasteiger partial charge in [-0.3, -0.25) is 10.2 Å². The van der Waals surface area contributed by atoms with Crippen LogP contribution >= 0.6 is 11.6 Å². The Morgan fingerprint density at radius 1 is 1.25 bits per heavy atom. The Hall–Kier alpha value is -3.12. The number of fused-ring (bicyclic) bond motifs is 1. The SMILES string of the molecule is N=c1oc2ccccc2cc1C(=O)N/N=C/c1cc(Cl)ccc1O. The van der Waals surface area contributed by atoms with E-state index in [1.165, 1.54) is 24.4 Å². The van der Waals surface area contributed by atoms with Gasteiger partial charge in [0.1, 0.15) is 16.9 Å². The third-order valence-electron chi connectivity index (χ3n) is 3.28. The van der Waals surface area contributed by atoms with Gasteiger partial charge in [-0.2, -0.15) is 5.10 Å². The topological polar surface area (TPSA) is 98.7 Å². The van der Waals surface area contributed by atoms with E-state index in [2.05, 4.69) is 10.5 Å². The van der Waals surface area contributed by atoms with Crippen molar-refractivity contribution in [3.05, 3.63) is 70.2 Å². The van der Waals surface area contributed by atoms with Crippen LogP contribution in [-0.4, -0.2) is 17.2 Å². The second kappa shape index (κ2) is 6.55. The Labute approximate surface area is 141 Å². The van der Waals surface area contributed by atoms with Gasteiger partial charge >= 0.3 is 0 Å². The highest BCUT2D eigenvalue weighted by atomic mass is 35.5. The van der Waals surface area contributed by atoms with Crippen LogP contribution in [0.25, 0.3) is 11.0 Å². The number of aromatic hydroxyl groups is 1. The molecule has 1 amide bonds. The van der Waals surface area contributed by atoms with Gasteiger partial charge in [0, 0.05) is 16.0 Å². The number of phenols is 1. The van der Waals surface area contributed by atoms with E-state index in [4.69, 9.17) is 21.4 Å². The van der Waals surface area contributed by atoms with Crippen molar-refractivity contribution in [2.24, 2.45) is 5.10 Å². The van der Waals surface area contributed by atoms with Crippen LogP contribution in [0.3, 0.4) is 0 Å². The van der Waals surface area contributed by atoms with Gasteiger partial charge in [0.25, 0.3) is 5.91 Å².